The third-order valence-electron chi connectivity index (χ3n) is 3.68. The lowest BCUT2D eigenvalue weighted by atomic mass is 10.2. The Balaban J connectivity index is 1.79. The first-order valence-corrected chi connectivity index (χ1v) is 8.28. The first-order chi connectivity index (χ1) is 13.0. The average molecular weight is 389 g/mol. The van der Waals surface area contributed by atoms with E-state index in [4.69, 9.17) is 25.5 Å². The Bertz CT molecular complexity index is 951. The number of rotatable bonds is 6. The topological polar surface area (TPSA) is 98.5 Å². The number of methoxy groups -OCH3 is 2. The summed E-state index contributed by atoms with van der Waals surface area (Å²) in [4.78, 5) is 20.5. The van der Waals surface area contributed by atoms with E-state index in [0.29, 0.717) is 28.9 Å². The van der Waals surface area contributed by atoms with Crippen molar-refractivity contribution < 1.29 is 18.7 Å². The van der Waals surface area contributed by atoms with Gasteiger partial charge in [-0.2, -0.15) is 0 Å². The highest BCUT2D eigenvalue weighted by Crippen LogP contribution is 2.34. The van der Waals surface area contributed by atoms with Crippen LogP contribution in [-0.2, 0) is 0 Å². The van der Waals surface area contributed by atoms with E-state index in [-0.39, 0.29) is 11.0 Å². The van der Waals surface area contributed by atoms with Crippen LogP contribution in [0.2, 0.25) is 5.28 Å². The zero-order valence-corrected chi connectivity index (χ0v) is 15.6. The molecule has 1 amide bonds. The van der Waals surface area contributed by atoms with Gasteiger partial charge in [0.25, 0.3) is 5.91 Å². The summed E-state index contributed by atoms with van der Waals surface area (Å²) in [6.45, 7) is 1.82. The Labute approximate surface area is 160 Å². The molecule has 0 aliphatic heterocycles. The number of nitrogens with one attached hydrogen (secondary N) is 2. The fraction of sp³-hybridized carbons (Fsp3) is 0.167. The summed E-state index contributed by atoms with van der Waals surface area (Å²) in [5.74, 6) is 1.41. The number of para-hydroxylation sites is 1. The van der Waals surface area contributed by atoms with E-state index in [1.807, 2.05) is 6.92 Å². The molecule has 27 heavy (non-hydrogen) atoms. The van der Waals surface area contributed by atoms with Gasteiger partial charge in [-0.3, -0.25) is 4.79 Å². The van der Waals surface area contributed by atoms with Gasteiger partial charge in [0.05, 0.1) is 14.2 Å². The molecule has 0 aliphatic carbocycles. The van der Waals surface area contributed by atoms with Crippen LogP contribution in [0.1, 0.15) is 16.1 Å². The smallest absolute Gasteiger partial charge is 0.291 e. The van der Waals surface area contributed by atoms with Crippen molar-refractivity contribution in [2.45, 2.75) is 6.92 Å². The van der Waals surface area contributed by atoms with Gasteiger partial charge in [0, 0.05) is 17.8 Å². The SMILES string of the molecule is COc1cccc(OC)c1NC(=O)c1ccc(Nc2nc(Cl)ncc2C)o1. The molecule has 0 bridgehead atoms. The van der Waals surface area contributed by atoms with Crippen molar-refractivity contribution in [1.29, 1.82) is 0 Å². The van der Waals surface area contributed by atoms with Crippen molar-refractivity contribution in [3.8, 4) is 11.5 Å². The molecule has 1 aromatic carbocycles. The number of aryl methyl sites for hydroxylation is 1. The molecule has 0 atom stereocenters. The molecular formula is C18H17ClN4O4. The monoisotopic (exact) mass is 388 g/mol. The Morgan fingerprint density at radius 3 is 2.52 bits per heavy atom. The maximum absolute atomic E-state index is 12.5. The number of amides is 1. The summed E-state index contributed by atoms with van der Waals surface area (Å²) in [5, 5.41) is 5.81. The van der Waals surface area contributed by atoms with Gasteiger partial charge in [-0.25, -0.2) is 9.97 Å². The minimum absolute atomic E-state index is 0.100. The van der Waals surface area contributed by atoms with Crippen LogP contribution in [0.3, 0.4) is 0 Å². The van der Waals surface area contributed by atoms with Gasteiger partial charge in [0.2, 0.25) is 5.28 Å². The normalized spacial score (nSPS) is 10.4. The highest BCUT2D eigenvalue weighted by atomic mass is 35.5. The third kappa shape index (κ3) is 4.12. The predicted octanol–water partition coefficient (Wildman–Crippen LogP) is 4.04. The van der Waals surface area contributed by atoms with Crippen molar-refractivity contribution in [3.63, 3.8) is 0 Å². The first-order valence-electron chi connectivity index (χ1n) is 7.90. The zero-order valence-electron chi connectivity index (χ0n) is 14.9. The lowest BCUT2D eigenvalue weighted by molar-refractivity contribution is 0.0997. The predicted molar refractivity (Wildman–Crippen MR) is 101 cm³/mol. The van der Waals surface area contributed by atoms with Crippen molar-refractivity contribution in [1.82, 2.24) is 9.97 Å². The summed E-state index contributed by atoms with van der Waals surface area (Å²) in [7, 11) is 3.02. The van der Waals surface area contributed by atoms with E-state index in [1.54, 1.807) is 30.5 Å². The maximum Gasteiger partial charge on any atom is 0.291 e. The molecule has 0 saturated heterocycles. The molecule has 140 valence electrons. The number of anilines is 3. The summed E-state index contributed by atoms with van der Waals surface area (Å²) < 4.78 is 16.1. The molecule has 0 saturated carbocycles. The van der Waals surface area contributed by atoms with Gasteiger partial charge in [-0.1, -0.05) is 6.07 Å². The lowest BCUT2D eigenvalue weighted by Gasteiger charge is -2.13. The first kappa shape index (κ1) is 18.5. The Morgan fingerprint density at radius 1 is 1.15 bits per heavy atom. The molecule has 3 rings (SSSR count). The van der Waals surface area contributed by atoms with Gasteiger partial charge >= 0.3 is 0 Å². The van der Waals surface area contributed by atoms with E-state index in [9.17, 15) is 4.79 Å². The molecule has 2 heterocycles. The van der Waals surface area contributed by atoms with E-state index >= 15 is 0 Å². The minimum Gasteiger partial charge on any atom is -0.494 e. The van der Waals surface area contributed by atoms with Crippen LogP contribution in [0.15, 0.2) is 40.9 Å². The number of nitrogens with zero attached hydrogens (tertiary/aromatic N) is 2. The second-order valence-corrected chi connectivity index (χ2v) is 5.79. The molecule has 0 unspecified atom stereocenters. The molecule has 8 nitrogen and oxygen atoms in total. The number of carbonyl (C=O) groups is 1. The highest BCUT2D eigenvalue weighted by Gasteiger charge is 2.17. The maximum atomic E-state index is 12.5. The van der Waals surface area contributed by atoms with Crippen LogP contribution in [-0.4, -0.2) is 30.1 Å². The van der Waals surface area contributed by atoms with Gasteiger partial charge in [-0.15, -0.1) is 0 Å². The number of benzene rings is 1. The molecule has 0 spiro atoms. The summed E-state index contributed by atoms with van der Waals surface area (Å²) in [6, 6.07) is 8.35. The second-order valence-electron chi connectivity index (χ2n) is 5.45. The number of hydrogen-bond donors (Lipinski definition) is 2. The van der Waals surface area contributed by atoms with Crippen LogP contribution in [0.5, 0.6) is 11.5 Å². The molecule has 3 aromatic rings. The number of aromatic nitrogens is 2. The molecule has 0 aliphatic rings. The zero-order chi connectivity index (χ0) is 19.4. The Kier molecular flexibility index (Phi) is 5.46. The van der Waals surface area contributed by atoms with Crippen LogP contribution < -0.4 is 20.1 Å². The second kappa shape index (κ2) is 7.96. The molecule has 2 N–H and O–H groups in total. The summed E-state index contributed by atoms with van der Waals surface area (Å²) >= 11 is 5.81. The van der Waals surface area contributed by atoms with Crippen LogP contribution in [0.25, 0.3) is 0 Å². The number of ether oxygens (including phenoxy) is 2. The number of furan rings is 1. The van der Waals surface area contributed by atoms with E-state index in [0.717, 1.165) is 5.56 Å². The molecular weight excluding hydrogens is 372 g/mol. The summed E-state index contributed by atoms with van der Waals surface area (Å²) in [5.41, 5.74) is 1.19. The van der Waals surface area contributed by atoms with Crippen LogP contribution in [0, 0.1) is 6.92 Å². The van der Waals surface area contributed by atoms with E-state index in [2.05, 4.69) is 20.6 Å². The molecule has 2 aromatic heterocycles. The quantitative estimate of drug-likeness (QED) is 0.614. The van der Waals surface area contributed by atoms with E-state index < -0.39 is 5.91 Å². The number of hydrogen-bond acceptors (Lipinski definition) is 7. The average Bonchev–Trinajstić information content (AvgIpc) is 3.13. The third-order valence-corrected chi connectivity index (χ3v) is 3.86. The standard InChI is InChI=1S/C18H17ClN4O4/c1-10-9-20-18(19)23-16(10)21-14-8-7-13(27-14)17(24)22-15-11(25-2)5-4-6-12(15)26-3/h4-9H,1-3H3,(H,22,24)(H,20,21,23). The number of halogens is 1. The van der Waals surface area contributed by atoms with Gasteiger partial charge in [0.1, 0.15) is 23.0 Å². The van der Waals surface area contributed by atoms with E-state index in [1.165, 1.54) is 20.3 Å². The summed E-state index contributed by atoms with van der Waals surface area (Å²) in [6.07, 6.45) is 1.59. The number of carbonyl (C=O) groups excluding carboxylic acids is 1. The Morgan fingerprint density at radius 2 is 1.85 bits per heavy atom. The van der Waals surface area contributed by atoms with Crippen LogP contribution in [0.4, 0.5) is 17.4 Å². The fourth-order valence-corrected chi connectivity index (χ4v) is 2.47. The Hall–Kier alpha value is -3.26. The van der Waals surface area contributed by atoms with Crippen LogP contribution >= 0.6 is 11.6 Å². The van der Waals surface area contributed by atoms with Crippen molar-refractivity contribution in [2.24, 2.45) is 0 Å². The highest BCUT2D eigenvalue weighted by molar-refractivity contribution is 6.28. The lowest BCUT2D eigenvalue weighted by Crippen LogP contribution is -2.12. The van der Waals surface area contributed by atoms with Crippen molar-refractivity contribution >= 4 is 34.9 Å². The molecule has 0 fully saturated rings. The minimum atomic E-state index is -0.455. The van der Waals surface area contributed by atoms with Crippen molar-refractivity contribution in [3.05, 3.63) is 53.1 Å². The largest absolute Gasteiger partial charge is 0.494 e. The molecule has 9 heteroatoms. The van der Waals surface area contributed by atoms with Crippen molar-refractivity contribution in [2.75, 3.05) is 24.9 Å². The molecule has 0 radical (unpaired) electrons. The van der Waals surface area contributed by atoms with Gasteiger partial charge < -0.3 is 24.5 Å². The van der Waals surface area contributed by atoms with Gasteiger partial charge in [0.15, 0.2) is 11.6 Å². The fourth-order valence-electron chi connectivity index (χ4n) is 2.34. The van der Waals surface area contributed by atoms with Gasteiger partial charge in [-0.05, 0) is 36.7 Å².